The van der Waals surface area contributed by atoms with Crippen LogP contribution in [-0.2, 0) is 14.4 Å². The van der Waals surface area contributed by atoms with Crippen molar-refractivity contribution in [1.82, 2.24) is 20.5 Å². The van der Waals surface area contributed by atoms with Gasteiger partial charge < -0.3 is 15.5 Å². The number of nitrogens with zero attached hydrogens (tertiary/aromatic N) is 2. The Morgan fingerprint density at radius 1 is 1.19 bits per heavy atom. The fraction of sp³-hybridized carbons (Fsp3) is 0.571. The predicted octanol–water partition coefficient (Wildman–Crippen LogP) is 4.71. The maximum absolute atomic E-state index is 14.4. The Labute approximate surface area is 222 Å². The first kappa shape index (κ1) is 27.2. The van der Waals surface area contributed by atoms with Gasteiger partial charge in [-0.15, -0.1) is 11.3 Å². The van der Waals surface area contributed by atoms with Gasteiger partial charge in [-0.25, -0.2) is 9.37 Å². The highest BCUT2D eigenvalue weighted by Gasteiger charge is 2.53. The molecule has 3 atom stereocenters. The van der Waals surface area contributed by atoms with E-state index in [4.69, 9.17) is 0 Å². The molecule has 1 aromatic carbocycles. The van der Waals surface area contributed by atoms with Gasteiger partial charge in [-0.3, -0.25) is 14.4 Å². The first-order chi connectivity index (χ1) is 17.4. The maximum atomic E-state index is 14.4. The number of carbonyl (C=O) groups is 3. The van der Waals surface area contributed by atoms with Crippen molar-refractivity contribution in [2.75, 3.05) is 6.54 Å². The molecular formula is C28H37FN4O3S. The number of benzene rings is 1. The summed E-state index contributed by atoms with van der Waals surface area (Å²) in [7, 11) is 0. The highest BCUT2D eigenvalue weighted by Crippen LogP contribution is 2.40. The lowest BCUT2D eigenvalue weighted by atomic mass is 9.85. The molecule has 2 fully saturated rings. The molecule has 2 heterocycles. The van der Waals surface area contributed by atoms with Crippen LogP contribution in [0.2, 0.25) is 0 Å². The second-order valence-electron chi connectivity index (χ2n) is 11.3. The number of alkyl halides is 1. The van der Waals surface area contributed by atoms with Gasteiger partial charge in [0.15, 0.2) is 5.67 Å². The summed E-state index contributed by atoms with van der Waals surface area (Å²) in [6, 6.07) is 6.41. The Bertz CT molecular complexity index is 1150. The Morgan fingerprint density at radius 3 is 2.41 bits per heavy atom. The molecule has 2 aromatic rings. The largest absolute Gasteiger partial charge is 0.348 e. The van der Waals surface area contributed by atoms with Gasteiger partial charge in [0.2, 0.25) is 11.8 Å². The van der Waals surface area contributed by atoms with E-state index in [-0.39, 0.29) is 30.7 Å². The molecule has 1 saturated carbocycles. The molecule has 37 heavy (non-hydrogen) atoms. The third-order valence-corrected chi connectivity index (χ3v) is 8.35. The highest BCUT2D eigenvalue weighted by atomic mass is 32.1. The topological polar surface area (TPSA) is 91.4 Å². The number of hydrogen-bond donors (Lipinski definition) is 2. The van der Waals surface area contributed by atoms with Gasteiger partial charge in [-0.2, -0.15) is 0 Å². The standard InChI is InChI=1S/C28H37FN4O3S/c1-6-20(18-9-11-19(12-10-18)22-17(2)30-16-37-22)31-24(34)21-8-7-15-33(21)25(35)23(27(3,4)5)32-26(36)28(29)13-14-28/h9-12,16,20-21,23H,6-8,13-15H2,1-5H3,(H,31,34)(H,32,36)/t20?,21-,23?/m0/s1. The van der Waals surface area contributed by atoms with Gasteiger partial charge in [0.05, 0.1) is 22.1 Å². The number of carbonyl (C=O) groups excluding carboxylic acids is 3. The van der Waals surface area contributed by atoms with Crippen molar-refractivity contribution in [1.29, 1.82) is 0 Å². The minimum Gasteiger partial charge on any atom is -0.348 e. The zero-order valence-electron chi connectivity index (χ0n) is 22.3. The van der Waals surface area contributed by atoms with Gasteiger partial charge in [-0.1, -0.05) is 52.0 Å². The molecule has 0 spiro atoms. The van der Waals surface area contributed by atoms with Crippen molar-refractivity contribution >= 4 is 29.1 Å². The number of aromatic nitrogens is 1. The molecule has 1 aliphatic carbocycles. The number of rotatable bonds is 8. The van der Waals surface area contributed by atoms with E-state index >= 15 is 0 Å². The Balaban J connectivity index is 1.45. The summed E-state index contributed by atoms with van der Waals surface area (Å²) in [5.41, 5.74) is 2.41. The van der Waals surface area contributed by atoms with E-state index in [1.165, 1.54) is 0 Å². The number of likely N-dealkylation sites (tertiary alicyclic amines) is 1. The molecule has 2 aliphatic rings. The van der Waals surface area contributed by atoms with Crippen LogP contribution in [0.5, 0.6) is 0 Å². The summed E-state index contributed by atoms with van der Waals surface area (Å²) in [4.78, 5) is 46.4. The fourth-order valence-corrected chi connectivity index (χ4v) is 5.66. The van der Waals surface area contributed by atoms with Gasteiger partial charge in [0.1, 0.15) is 12.1 Å². The van der Waals surface area contributed by atoms with Crippen molar-refractivity contribution in [2.45, 2.75) is 90.5 Å². The average Bonchev–Trinajstić information content (AvgIpc) is 3.23. The van der Waals surface area contributed by atoms with Gasteiger partial charge >= 0.3 is 0 Å². The Kier molecular flexibility index (Phi) is 7.74. The summed E-state index contributed by atoms with van der Waals surface area (Å²) >= 11 is 1.60. The second kappa shape index (κ2) is 10.5. The quantitative estimate of drug-likeness (QED) is 0.519. The van der Waals surface area contributed by atoms with Crippen molar-refractivity contribution in [3.05, 3.63) is 41.0 Å². The van der Waals surface area contributed by atoms with Crippen LogP contribution >= 0.6 is 11.3 Å². The van der Waals surface area contributed by atoms with Crippen LogP contribution in [0, 0.1) is 12.3 Å². The molecule has 1 aromatic heterocycles. The number of nitrogens with one attached hydrogen (secondary N) is 2. The van der Waals surface area contributed by atoms with Crippen LogP contribution in [-0.4, -0.2) is 51.9 Å². The Hall–Kier alpha value is -2.81. The first-order valence-electron chi connectivity index (χ1n) is 13.1. The molecule has 0 radical (unpaired) electrons. The monoisotopic (exact) mass is 528 g/mol. The van der Waals surface area contributed by atoms with Crippen LogP contribution < -0.4 is 10.6 Å². The molecule has 1 aliphatic heterocycles. The SMILES string of the molecule is CCC(NC(=O)[C@@H]1CCCN1C(=O)C(NC(=O)C1(F)CC1)C(C)(C)C)c1ccc(-c2scnc2C)cc1. The predicted molar refractivity (Wildman–Crippen MR) is 143 cm³/mol. The third-order valence-electron chi connectivity index (χ3n) is 7.37. The number of hydrogen-bond acceptors (Lipinski definition) is 5. The van der Waals surface area contributed by atoms with E-state index in [2.05, 4.69) is 15.6 Å². The van der Waals surface area contributed by atoms with Crippen LogP contribution in [0.4, 0.5) is 4.39 Å². The maximum Gasteiger partial charge on any atom is 0.258 e. The molecule has 1 saturated heterocycles. The zero-order valence-corrected chi connectivity index (χ0v) is 23.1. The molecule has 3 amide bonds. The molecule has 7 nitrogen and oxygen atoms in total. The highest BCUT2D eigenvalue weighted by molar-refractivity contribution is 7.13. The number of amides is 3. The summed E-state index contributed by atoms with van der Waals surface area (Å²) in [5, 5.41) is 5.79. The molecule has 9 heteroatoms. The van der Waals surface area contributed by atoms with E-state index < -0.39 is 29.1 Å². The summed E-state index contributed by atoms with van der Waals surface area (Å²) in [5.74, 6) is -1.27. The van der Waals surface area contributed by atoms with E-state index in [1.807, 2.05) is 64.4 Å². The molecule has 2 unspecified atom stereocenters. The molecule has 4 rings (SSSR count). The van der Waals surface area contributed by atoms with Gasteiger partial charge in [0.25, 0.3) is 5.91 Å². The first-order valence-corrected chi connectivity index (χ1v) is 13.9. The van der Waals surface area contributed by atoms with E-state index in [0.717, 1.165) is 21.7 Å². The molecule has 2 N–H and O–H groups in total. The lowest BCUT2D eigenvalue weighted by molar-refractivity contribution is -0.145. The zero-order chi connectivity index (χ0) is 27.0. The van der Waals surface area contributed by atoms with Crippen molar-refractivity contribution in [3.8, 4) is 10.4 Å². The van der Waals surface area contributed by atoms with Crippen molar-refractivity contribution in [2.24, 2.45) is 5.41 Å². The summed E-state index contributed by atoms with van der Waals surface area (Å²) < 4.78 is 14.4. The normalized spacial score (nSPS) is 20.3. The average molecular weight is 529 g/mol. The molecule has 200 valence electrons. The van der Waals surface area contributed by atoms with E-state index in [9.17, 15) is 18.8 Å². The fourth-order valence-electron chi connectivity index (χ4n) is 4.85. The summed E-state index contributed by atoms with van der Waals surface area (Å²) in [6.07, 6.45) is 2.31. The lowest BCUT2D eigenvalue weighted by Gasteiger charge is -2.36. The minimum absolute atomic E-state index is 0.182. The van der Waals surface area contributed by atoms with Crippen LogP contribution in [0.1, 0.15) is 77.1 Å². The lowest BCUT2D eigenvalue weighted by Crippen LogP contribution is -2.59. The number of halogens is 1. The molecular weight excluding hydrogens is 491 g/mol. The number of thiazole rings is 1. The van der Waals surface area contributed by atoms with Crippen LogP contribution in [0.15, 0.2) is 29.8 Å². The molecule has 0 bridgehead atoms. The van der Waals surface area contributed by atoms with E-state index in [0.29, 0.717) is 25.8 Å². The minimum atomic E-state index is -1.87. The van der Waals surface area contributed by atoms with E-state index in [1.54, 1.807) is 16.2 Å². The van der Waals surface area contributed by atoms with Gasteiger partial charge in [0, 0.05) is 6.54 Å². The van der Waals surface area contributed by atoms with Gasteiger partial charge in [-0.05, 0) is 55.6 Å². The smallest absolute Gasteiger partial charge is 0.258 e. The second-order valence-corrected chi connectivity index (χ2v) is 12.1. The van der Waals surface area contributed by atoms with Crippen LogP contribution in [0.25, 0.3) is 10.4 Å². The van der Waals surface area contributed by atoms with Crippen LogP contribution in [0.3, 0.4) is 0 Å². The number of aryl methyl sites for hydroxylation is 1. The Morgan fingerprint density at radius 2 is 1.86 bits per heavy atom. The third kappa shape index (κ3) is 5.87. The summed E-state index contributed by atoms with van der Waals surface area (Å²) in [6.45, 7) is 9.94. The van der Waals surface area contributed by atoms with Crippen molar-refractivity contribution < 1.29 is 18.8 Å². The van der Waals surface area contributed by atoms with Crippen molar-refractivity contribution in [3.63, 3.8) is 0 Å².